The van der Waals surface area contributed by atoms with Gasteiger partial charge in [0.2, 0.25) is 0 Å². The molecule has 0 amide bonds. The molecule has 1 fully saturated rings. The lowest BCUT2D eigenvalue weighted by atomic mass is 9.79. The molecule has 0 aromatic carbocycles. The molecule has 1 aliphatic rings. The van der Waals surface area contributed by atoms with Crippen LogP contribution in [0.1, 0.15) is 27.7 Å². The van der Waals surface area contributed by atoms with Crippen molar-refractivity contribution in [1.29, 1.82) is 0 Å². The zero-order valence-electron chi connectivity index (χ0n) is 10.6. The molecule has 0 aliphatic carbocycles. The van der Waals surface area contributed by atoms with Crippen LogP contribution in [0, 0.1) is 11.8 Å². The zero-order valence-corrected chi connectivity index (χ0v) is 10.6. The number of halogens is 2. The van der Waals surface area contributed by atoms with Gasteiger partial charge in [-0.3, -0.25) is 0 Å². The molecule has 4 heteroatoms. The maximum Gasteiger partial charge on any atom is 0.148 e. The molecule has 16 heavy (non-hydrogen) atoms. The van der Waals surface area contributed by atoms with E-state index < -0.39 is 24.6 Å². The standard InChI is InChI=1S/C12H22F2O2/c1-9(2)12(10(3)4)8-15-11(5-13,6-14)7-16-12/h9-10H,5-8H2,1-4H3. The van der Waals surface area contributed by atoms with E-state index in [1.807, 2.05) is 27.7 Å². The fraction of sp³-hybridized carbons (Fsp3) is 1.00. The molecule has 96 valence electrons. The van der Waals surface area contributed by atoms with Crippen molar-refractivity contribution in [3.63, 3.8) is 0 Å². The van der Waals surface area contributed by atoms with Crippen LogP contribution in [-0.4, -0.2) is 37.8 Å². The van der Waals surface area contributed by atoms with Crippen LogP contribution in [0.2, 0.25) is 0 Å². The normalized spacial score (nSPS) is 24.0. The summed E-state index contributed by atoms with van der Waals surface area (Å²) in [7, 11) is 0. The van der Waals surface area contributed by atoms with Crippen LogP contribution in [0.25, 0.3) is 0 Å². The van der Waals surface area contributed by atoms with Gasteiger partial charge in [-0.05, 0) is 11.8 Å². The monoisotopic (exact) mass is 236 g/mol. The van der Waals surface area contributed by atoms with Gasteiger partial charge in [-0.15, -0.1) is 0 Å². The van der Waals surface area contributed by atoms with Crippen LogP contribution in [0.4, 0.5) is 8.78 Å². The first kappa shape index (κ1) is 13.8. The van der Waals surface area contributed by atoms with Crippen molar-refractivity contribution >= 4 is 0 Å². The highest BCUT2D eigenvalue weighted by atomic mass is 19.1. The predicted octanol–water partition coefficient (Wildman–Crippen LogP) is 2.76. The average Bonchev–Trinajstić information content (AvgIpc) is 2.28. The quantitative estimate of drug-likeness (QED) is 0.747. The van der Waals surface area contributed by atoms with E-state index in [0.717, 1.165) is 0 Å². The van der Waals surface area contributed by atoms with Crippen LogP contribution in [0.3, 0.4) is 0 Å². The molecule has 0 aromatic rings. The molecule has 0 unspecified atom stereocenters. The Kier molecular flexibility index (Phi) is 4.29. The second-order valence-corrected chi connectivity index (χ2v) is 5.29. The molecule has 2 nitrogen and oxygen atoms in total. The first-order valence-electron chi connectivity index (χ1n) is 5.82. The first-order chi connectivity index (χ1) is 7.42. The summed E-state index contributed by atoms with van der Waals surface area (Å²) in [6.45, 7) is 6.75. The van der Waals surface area contributed by atoms with E-state index in [9.17, 15) is 8.78 Å². The Morgan fingerprint density at radius 3 is 1.69 bits per heavy atom. The van der Waals surface area contributed by atoms with Gasteiger partial charge in [0, 0.05) is 0 Å². The number of alkyl halides is 2. The molecule has 1 heterocycles. The Labute approximate surface area is 96.3 Å². The fourth-order valence-electron chi connectivity index (χ4n) is 2.14. The molecule has 0 saturated carbocycles. The third kappa shape index (κ3) is 2.23. The van der Waals surface area contributed by atoms with Gasteiger partial charge in [0.1, 0.15) is 19.0 Å². The average molecular weight is 236 g/mol. The smallest absolute Gasteiger partial charge is 0.148 e. The minimum Gasteiger partial charge on any atom is -0.369 e. The second-order valence-electron chi connectivity index (χ2n) is 5.29. The Morgan fingerprint density at radius 2 is 1.44 bits per heavy atom. The minimum absolute atomic E-state index is 0.00361. The van der Waals surface area contributed by atoms with Gasteiger partial charge in [0.05, 0.1) is 18.8 Å². The van der Waals surface area contributed by atoms with E-state index in [2.05, 4.69) is 0 Å². The predicted molar refractivity (Wildman–Crippen MR) is 59.0 cm³/mol. The molecule has 0 radical (unpaired) electrons. The second kappa shape index (κ2) is 4.96. The van der Waals surface area contributed by atoms with Crippen LogP contribution in [0.5, 0.6) is 0 Å². The largest absolute Gasteiger partial charge is 0.369 e. The van der Waals surface area contributed by atoms with Crippen LogP contribution in [0.15, 0.2) is 0 Å². The van der Waals surface area contributed by atoms with E-state index in [0.29, 0.717) is 0 Å². The van der Waals surface area contributed by atoms with Crippen LogP contribution >= 0.6 is 0 Å². The molecular weight excluding hydrogens is 214 g/mol. The van der Waals surface area contributed by atoms with E-state index in [1.54, 1.807) is 0 Å². The lowest BCUT2D eigenvalue weighted by molar-refractivity contribution is -0.269. The van der Waals surface area contributed by atoms with Crippen molar-refractivity contribution in [1.82, 2.24) is 0 Å². The molecule has 0 bridgehead atoms. The number of hydrogen-bond donors (Lipinski definition) is 0. The lowest BCUT2D eigenvalue weighted by Crippen LogP contribution is -2.60. The highest BCUT2D eigenvalue weighted by molar-refractivity contribution is 4.95. The summed E-state index contributed by atoms with van der Waals surface area (Å²) in [6.07, 6.45) is 0. The third-order valence-electron chi connectivity index (χ3n) is 3.65. The van der Waals surface area contributed by atoms with Gasteiger partial charge < -0.3 is 9.47 Å². The van der Waals surface area contributed by atoms with E-state index in [4.69, 9.17) is 9.47 Å². The van der Waals surface area contributed by atoms with Crippen molar-refractivity contribution < 1.29 is 18.3 Å². The van der Waals surface area contributed by atoms with Gasteiger partial charge in [-0.1, -0.05) is 27.7 Å². The van der Waals surface area contributed by atoms with Gasteiger partial charge in [-0.25, -0.2) is 8.78 Å². The highest BCUT2D eigenvalue weighted by Gasteiger charge is 2.48. The molecular formula is C12H22F2O2. The topological polar surface area (TPSA) is 18.5 Å². The number of hydrogen-bond acceptors (Lipinski definition) is 2. The summed E-state index contributed by atoms with van der Waals surface area (Å²) >= 11 is 0. The van der Waals surface area contributed by atoms with E-state index in [-0.39, 0.29) is 25.0 Å². The Balaban J connectivity index is 2.77. The van der Waals surface area contributed by atoms with Gasteiger partial charge in [0.25, 0.3) is 0 Å². The van der Waals surface area contributed by atoms with Crippen LogP contribution in [-0.2, 0) is 9.47 Å². The summed E-state index contributed by atoms with van der Waals surface area (Å²) in [4.78, 5) is 0. The summed E-state index contributed by atoms with van der Waals surface area (Å²) in [5.41, 5.74) is -1.79. The maximum atomic E-state index is 12.7. The van der Waals surface area contributed by atoms with Crippen molar-refractivity contribution in [2.75, 3.05) is 26.6 Å². The Bertz CT molecular complexity index is 205. The third-order valence-corrected chi connectivity index (χ3v) is 3.65. The Morgan fingerprint density at radius 1 is 0.938 bits per heavy atom. The lowest BCUT2D eigenvalue weighted by Gasteiger charge is -2.48. The van der Waals surface area contributed by atoms with Crippen LogP contribution < -0.4 is 0 Å². The van der Waals surface area contributed by atoms with Gasteiger partial charge in [0.15, 0.2) is 0 Å². The molecule has 0 spiro atoms. The zero-order chi connectivity index (χ0) is 12.4. The molecule has 1 aliphatic heterocycles. The van der Waals surface area contributed by atoms with Crippen molar-refractivity contribution in [3.05, 3.63) is 0 Å². The number of rotatable bonds is 4. The molecule has 0 N–H and O–H groups in total. The summed E-state index contributed by atoms with van der Waals surface area (Å²) < 4.78 is 36.7. The van der Waals surface area contributed by atoms with Gasteiger partial charge >= 0.3 is 0 Å². The van der Waals surface area contributed by atoms with E-state index in [1.165, 1.54) is 0 Å². The molecule has 0 atom stereocenters. The number of ether oxygens (including phenoxy) is 2. The van der Waals surface area contributed by atoms with E-state index >= 15 is 0 Å². The first-order valence-corrected chi connectivity index (χ1v) is 5.82. The minimum atomic E-state index is -1.37. The summed E-state index contributed by atoms with van der Waals surface area (Å²) in [5, 5.41) is 0. The molecule has 1 saturated heterocycles. The highest BCUT2D eigenvalue weighted by Crippen LogP contribution is 2.37. The molecule has 1 rings (SSSR count). The van der Waals surface area contributed by atoms with Crippen molar-refractivity contribution in [3.8, 4) is 0 Å². The maximum absolute atomic E-state index is 12.7. The fourth-order valence-corrected chi connectivity index (χ4v) is 2.14. The van der Waals surface area contributed by atoms with Gasteiger partial charge in [-0.2, -0.15) is 0 Å². The molecule has 0 aromatic heterocycles. The van der Waals surface area contributed by atoms with Crippen molar-refractivity contribution in [2.24, 2.45) is 11.8 Å². The summed E-state index contributed by atoms with van der Waals surface area (Å²) in [6, 6.07) is 0. The Hall–Kier alpha value is -0.220. The SMILES string of the molecule is CC(C)C1(C(C)C)COC(CF)(CF)CO1. The summed E-state index contributed by atoms with van der Waals surface area (Å²) in [5.74, 6) is 0.509. The van der Waals surface area contributed by atoms with Crippen molar-refractivity contribution in [2.45, 2.75) is 38.9 Å².